The SMILES string of the molecule is Clc1ccccc1-c1nc(Cl)n(-c2ccccc2)n1. The molecule has 5 heteroatoms. The van der Waals surface area contributed by atoms with Crippen LogP contribution in [0.25, 0.3) is 17.1 Å². The van der Waals surface area contributed by atoms with Crippen molar-refractivity contribution in [2.45, 2.75) is 0 Å². The van der Waals surface area contributed by atoms with E-state index in [1.165, 1.54) is 0 Å². The fourth-order valence-electron chi connectivity index (χ4n) is 1.78. The number of benzene rings is 2. The molecule has 1 aromatic heterocycles. The Hall–Kier alpha value is -1.84. The molecule has 0 aliphatic rings. The van der Waals surface area contributed by atoms with Gasteiger partial charge < -0.3 is 0 Å². The molecule has 0 N–H and O–H groups in total. The van der Waals surface area contributed by atoms with Gasteiger partial charge in [-0.1, -0.05) is 41.9 Å². The number of hydrogen-bond donors (Lipinski definition) is 0. The Morgan fingerprint density at radius 3 is 2.26 bits per heavy atom. The molecule has 0 unspecified atom stereocenters. The van der Waals surface area contributed by atoms with Crippen LogP contribution in [0.1, 0.15) is 0 Å². The Bertz CT molecular complexity index is 708. The van der Waals surface area contributed by atoms with E-state index in [9.17, 15) is 0 Å². The van der Waals surface area contributed by atoms with Gasteiger partial charge >= 0.3 is 0 Å². The third-order valence-corrected chi connectivity index (χ3v) is 3.26. The molecule has 3 nitrogen and oxygen atoms in total. The van der Waals surface area contributed by atoms with Crippen molar-refractivity contribution in [1.82, 2.24) is 14.8 Å². The highest BCUT2D eigenvalue weighted by Gasteiger charge is 2.13. The summed E-state index contributed by atoms with van der Waals surface area (Å²) in [4.78, 5) is 4.25. The molecule has 19 heavy (non-hydrogen) atoms. The van der Waals surface area contributed by atoms with E-state index < -0.39 is 0 Å². The number of hydrogen-bond acceptors (Lipinski definition) is 2. The van der Waals surface area contributed by atoms with Gasteiger partial charge in [-0.25, -0.2) is 4.68 Å². The monoisotopic (exact) mass is 289 g/mol. The van der Waals surface area contributed by atoms with Crippen LogP contribution in [0.4, 0.5) is 0 Å². The number of rotatable bonds is 2. The second-order valence-corrected chi connectivity index (χ2v) is 4.68. The van der Waals surface area contributed by atoms with Crippen LogP contribution in [0.2, 0.25) is 10.3 Å². The molecule has 3 aromatic rings. The van der Waals surface area contributed by atoms with E-state index in [1.807, 2.05) is 48.5 Å². The number of aromatic nitrogens is 3. The Balaban J connectivity index is 2.10. The van der Waals surface area contributed by atoms with Crippen LogP contribution in [-0.4, -0.2) is 14.8 Å². The van der Waals surface area contributed by atoms with Crippen LogP contribution in [0, 0.1) is 0 Å². The van der Waals surface area contributed by atoms with Gasteiger partial charge in [-0.3, -0.25) is 0 Å². The Kier molecular flexibility index (Phi) is 3.23. The Morgan fingerprint density at radius 2 is 1.53 bits per heavy atom. The highest BCUT2D eigenvalue weighted by Crippen LogP contribution is 2.26. The first-order valence-corrected chi connectivity index (χ1v) is 6.44. The van der Waals surface area contributed by atoms with E-state index in [2.05, 4.69) is 10.1 Å². The predicted molar refractivity (Wildman–Crippen MR) is 76.8 cm³/mol. The summed E-state index contributed by atoms with van der Waals surface area (Å²) in [5.41, 5.74) is 1.62. The summed E-state index contributed by atoms with van der Waals surface area (Å²) in [5, 5.41) is 5.31. The third kappa shape index (κ3) is 2.35. The molecule has 94 valence electrons. The maximum absolute atomic E-state index is 6.13. The lowest BCUT2D eigenvalue weighted by atomic mass is 10.2. The standard InChI is InChI=1S/C14H9Cl2N3/c15-12-9-5-4-8-11(12)13-17-14(16)19(18-13)10-6-2-1-3-7-10/h1-9H. The van der Waals surface area contributed by atoms with Crippen molar-refractivity contribution in [1.29, 1.82) is 0 Å². The fraction of sp³-hybridized carbons (Fsp3) is 0. The van der Waals surface area contributed by atoms with Crippen molar-refractivity contribution >= 4 is 23.2 Å². The van der Waals surface area contributed by atoms with Gasteiger partial charge in [0.15, 0.2) is 5.82 Å². The van der Waals surface area contributed by atoms with Crippen molar-refractivity contribution in [3.63, 3.8) is 0 Å². The topological polar surface area (TPSA) is 30.7 Å². The van der Waals surface area contributed by atoms with Gasteiger partial charge in [0.25, 0.3) is 0 Å². The molecule has 2 aromatic carbocycles. The molecule has 0 radical (unpaired) electrons. The normalized spacial score (nSPS) is 10.6. The minimum Gasteiger partial charge on any atom is -0.203 e. The molecule has 0 atom stereocenters. The van der Waals surface area contributed by atoms with Crippen LogP contribution in [0.15, 0.2) is 54.6 Å². The molecule has 0 saturated heterocycles. The maximum atomic E-state index is 6.13. The van der Waals surface area contributed by atoms with Crippen molar-refractivity contribution in [2.24, 2.45) is 0 Å². The summed E-state index contributed by atoms with van der Waals surface area (Å²) in [6, 6.07) is 17.0. The summed E-state index contributed by atoms with van der Waals surface area (Å²) in [5.74, 6) is 0.513. The number of halogens is 2. The van der Waals surface area contributed by atoms with Gasteiger partial charge in [0.2, 0.25) is 5.28 Å². The molecule has 0 saturated carbocycles. The van der Waals surface area contributed by atoms with E-state index in [0.717, 1.165) is 11.3 Å². The number of para-hydroxylation sites is 1. The summed E-state index contributed by atoms with van der Waals surface area (Å²) in [6.45, 7) is 0. The van der Waals surface area contributed by atoms with Gasteiger partial charge in [0.1, 0.15) is 0 Å². The molecule has 0 aliphatic heterocycles. The Morgan fingerprint density at radius 1 is 0.842 bits per heavy atom. The average Bonchev–Trinajstić information content (AvgIpc) is 2.82. The van der Waals surface area contributed by atoms with Crippen molar-refractivity contribution < 1.29 is 0 Å². The van der Waals surface area contributed by atoms with Crippen molar-refractivity contribution in [3.8, 4) is 17.1 Å². The van der Waals surface area contributed by atoms with E-state index in [0.29, 0.717) is 16.1 Å². The summed E-state index contributed by atoms with van der Waals surface area (Å²) >= 11 is 12.3. The third-order valence-electron chi connectivity index (χ3n) is 2.68. The zero-order valence-electron chi connectivity index (χ0n) is 9.79. The second kappa shape index (κ2) is 5.03. The summed E-state index contributed by atoms with van der Waals surface area (Å²) in [7, 11) is 0. The smallest absolute Gasteiger partial charge is 0.203 e. The summed E-state index contributed by atoms with van der Waals surface area (Å²) in [6.07, 6.45) is 0. The van der Waals surface area contributed by atoms with Crippen LogP contribution in [0.5, 0.6) is 0 Å². The van der Waals surface area contributed by atoms with Gasteiger partial charge in [0, 0.05) is 5.56 Å². The molecular weight excluding hydrogens is 281 g/mol. The predicted octanol–water partition coefficient (Wildman–Crippen LogP) is 4.24. The molecule has 0 fully saturated rings. The molecule has 1 heterocycles. The minimum absolute atomic E-state index is 0.307. The van der Waals surface area contributed by atoms with Crippen LogP contribution in [0.3, 0.4) is 0 Å². The van der Waals surface area contributed by atoms with Gasteiger partial charge in [-0.05, 0) is 35.9 Å². The van der Waals surface area contributed by atoms with Crippen LogP contribution < -0.4 is 0 Å². The quantitative estimate of drug-likeness (QED) is 0.706. The molecule has 0 spiro atoms. The van der Waals surface area contributed by atoms with Crippen LogP contribution >= 0.6 is 23.2 Å². The van der Waals surface area contributed by atoms with Gasteiger partial charge in [0.05, 0.1) is 10.7 Å². The highest BCUT2D eigenvalue weighted by molar-refractivity contribution is 6.33. The van der Waals surface area contributed by atoms with Gasteiger partial charge in [-0.2, -0.15) is 4.98 Å². The van der Waals surface area contributed by atoms with Crippen molar-refractivity contribution in [2.75, 3.05) is 0 Å². The van der Waals surface area contributed by atoms with Gasteiger partial charge in [-0.15, -0.1) is 5.10 Å². The largest absolute Gasteiger partial charge is 0.226 e. The van der Waals surface area contributed by atoms with E-state index >= 15 is 0 Å². The first-order valence-electron chi connectivity index (χ1n) is 5.68. The highest BCUT2D eigenvalue weighted by atomic mass is 35.5. The molecule has 0 amide bonds. The molecule has 0 aliphatic carbocycles. The maximum Gasteiger partial charge on any atom is 0.226 e. The van der Waals surface area contributed by atoms with Crippen LogP contribution in [-0.2, 0) is 0 Å². The minimum atomic E-state index is 0.307. The molecular formula is C14H9Cl2N3. The average molecular weight is 290 g/mol. The molecule has 3 rings (SSSR count). The lowest BCUT2D eigenvalue weighted by Gasteiger charge is -2.00. The van der Waals surface area contributed by atoms with E-state index in [-0.39, 0.29) is 0 Å². The Labute approximate surface area is 120 Å². The van der Waals surface area contributed by atoms with E-state index in [1.54, 1.807) is 10.7 Å². The lowest BCUT2D eigenvalue weighted by molar-refractivity contribution is 0.883. The fourth-order valence-corrected chi connectivity index (χ4v) is 2.22. The zero-order valence-corrected chi connectivity index (χ0v) is 11.3. The number of nitrogens with zero attached hydrogens (tertiary/aromatic N) is 3. The first-order chi connectivity index (χ1) is 9.25. The van der Waals surface area contributed by atoms with Crippen molar-refractivity contribution in [3.05, 3.63) is 64.9 Å². The zero-order chi connectivity index (χ0) is 13.2. The first kappa shape index (κ1) is 12.2. The lowest BCUT2D eigenvalue weighted by Crippen LogP contribution is -1.96. The summed E-state index contributed by atoms with van der Waals surface area (Å²) < 4.78 is 1.58. The molecule has 0 bridgehead atoms. The second-order valence-electron chi connectivity index (χ2n) is 3.93. The van der Waals surface area contributed by atoms with E-state index in [4.69, 9.17) is 23.2 Å².